The molecule has 0 radical (unpaired) electrons. The van der Waals surface area contributed by atoms with Gasteiger partial charge in [-0.3, -0.25) is 0 Å². The fraction of sp³-hybridized carbons (Fsp3) is 0.455. The van der Waals surface area contributed by atoms with Gasteiger partial charge in [0.15, 0.2) is 0 Å². The summed E-state index contributed by atoms with van der Waals surface area (Å²) in [6.45, 7) is 5.16. The van der Waals surface area contributed by atoms with Crippen molar-refractivity contribution in [1.29, 1.82) is 0 Å². The van der Waals surface area contributed by atoms with Gasteiger partial charge in [0, 0.05) is 10.5 Å². The van der Waals surface area contributed by atoms with Gasteiger partial charge in [-0.2, -0.15) is 0 Å². The van der Waals surface area contributed by atoms with Crippen LogP contribution in [0.15, 0.2) is 28.7 Å². The van der Waals surface area contributed by atoms with E-state index in [1.807, 2.05) is 31.2 Å². The lowest BCUT2D eigenvalue weighted by atomic mass is 10.1. The van der Waals surface area contributed by atoms with Crippen molar-refractivity contribution in [3.05, 3.63) is 34.3 Å². The topological polar surface area (TPSA) is 46.2 Å². The maximum absolute atomic E-state index is 11.7. The van der Waals surface area contributed by atoms with Crippen LogP contribution >= 0.6 is 15.9 Å². The summed E-state index contributed by atoms with van der Waals surface area (Å²) in [6, 6.07) is 7.39. The smallest absolute Gasteiger partial charge is 0.212 e. The predicted octanol–water partition coefficient (Wildman–Crippen LogP) is 2.84. The minimum Gasteiger partial charge on any atom is -0.212 e. The highest BCUT2D eigenvalue weighted by molar-refractivity contribution is 9.10. The normalized spacial score (nSPS) is 14.1. The zero-order valence-electron chi connectivity index (χ0n) is 9.57. The molecule has 5 heteroatoms. The molecule has 0 aliphatic carbocycles. The third-order valence-electron chi connectivity index (χ3n) is 2.31. The molecule has 16 heavy (non-hydrogen) atoms. The average molecular weight is 306 g/mol. The number of hydrogen-bond acceptors (Lipinski definition) is 2. The standard InChI is InChI=1S/C11H16BrNO2S/c1-8(2)16(14,15)13-9(3)10-5-4-6-11(12)7-10/h4-9,13H,1-3H3/t9-/m0/s1. The number of halogens is 1. The summed E-state index contributed by atoms with van der Waals surface area (Å²) in [6.07, 6.45) is 0. The van der Waals surface area contributed by atoms with Crippen molar-refractivity contribution in [3.63, 3.8) is 0 Å². The molecule has 1 atom stereocenters. The van der Waals surface area contributed by atoms with Crippen molar-refractivity contribution in [2.75, 3.05) is 0 Å². The van der Waals surface area contributed by atoms with Gasteiger partial charge in [0.2, 0.25) is 10.0 Å². The first-order chi connectivity index (χ1) is 7.33. The van der Waals surface area contributed by atoms with Crippen molar-refractivity contribution >= 4 is 26.0 Å². The molecule has 0 amide bonds. The fourth-order valence-corrected chi connectivity index (χ4v) is 2.54. The number of nitrogens with one attached hydrogen (secondary N) is 1. The van der Waals surface area contributed by atoms with Crippen LogP contribution in [0.4, 0.5) is 0 Å². The summed E-state index contributed by atoms with van der Waals surface area (Å²) in [4.78, 5) is 0. The van der Waals surface area contributed by atoms with E-state index in [9.17, 15) is 8.42 Å². The highest BCUT2D eigenvalue weighted by atomic mass is 79.9. The Hall–Kier alpha value is -0.390. The summed E-state index contributed by atoms with van der Waals surface area (Å²) < 4.78 is 26.9. The van der Waals surface area contributed by atoms with Gasteiger partial charge in [0.25, 0.3) is 0 Å². The molecule has 0 aliphatic heterocycles. The molecule has 1 aromatic carbocycles. The van der Waals surface area contributed by atoms with Crippen LogP contribution in [0.25, 0.3) is 0 Å². The summed E-state index contributed by atoms with van der Waals surface area (Å²) in [5.41, 5.74) is 0.943. The molecule has 0 saturated heterocycles. The van der Waals surface area contributed by atoms with Crippen LogP contribution in [-0.2, 0) is 10.0 Å². The molecule has 1 N–H and O–H groups in total. The Balaban J connectivity index is 2.85. The summed E-state index contributed by atoms with van der Waals surface area (Å²) >= 11 is 3.36. The van der Waals surface area contributed by atoms with Crippen LogP contribution < -0.4 is 4.72 Å². The Kier molecular flexibility index (Phi) is 4.52. The van der Waals surface area contributed by atoms with Crippen LogP contribution in [0.5, 0.6) is 0 Å². The summed E-state index contributed by atoms with van der Waals surface area (Å²) in [5.74, 6) is 0. The number of hydrogen-bond donors (Lipinski definition) is 1. The lowest BCUT2D eigenvalue weighted by Crippen LogP contribution is -2.32. The zero-order chi connectivity index (χ0) is 12.3. The Morgan fingerprint density at radius 2 is 1.88 bits per heavy atom. The van der Waals surface area contributed by atoms with Gasteiger partial charge in [-0.15, -0.1) is 0 Å². The molecule has 0 fully saturated rings. The lowest BCUT2D eigenvalue weighted by molar-refractivity contribution is 0.558. The molecule has 0 aromatic heterocycles. The van der Waals surface area contributed by atoms with E-state index in [0.717, 1.165) is 10.0 Å². The van der Waals surface area contributed by atoms with Crippen LogP contribution in [0, 0.1) is 0 Å². The molecule has 1 aromatic rings. The fourth-order valence-electron chi connectivity index (χ4n) is 1.23. The molecule has 0 unspecified atom stereocenters. The number of benzene rings is 1. The van der Waals surface area contributed by atoms with Gasteiger partial charge in [-0.25, -0.2) is 13.1 Å². The molecule has 0 saturated carbocycles. The van der Waals surface area contributed by atoms with Crippen molar-refractivity contribution < 1.29 is 8.42 Å². The summed E-state index contributed by atoms with van der Waals surface area (Å²) in [7, 11) is -3.22. The van der Waals surface area contributed by atoms with E-state index in [1.54, 1.807) is 13.8 Å². The van der Waals surface area contributed by atoms with Crippen molar-refractivity contribution in [1.82, 2.24) is 4.72 Å². The molecule has 90 valence electrons. The number of sulfonamides is 1. The second-order valence-electron chi connectivity index (χ2n) is 3.99. The highest BCUT2D eigenvalue weighted by Gasteiger charge is 2.19. The van der Waals surface area contributed by atoms with E-state index in [4.69, 9.17) is 0 Å². The van der Waals surface area contributed by atoms with Gasteiger partial charge >= 0.3 is 0 Å². The van der Waals surface area contributed by atoms with E-state index < -0.39 is 15.3 Å². The summed E-state index contributed by atoms with van der Waals surface area (Å²) in [5, 5.41) is -0.415. The minimum absolute atomic E-state index is 0.218. The number of rotatable bonds is 4. The monoisotopic (exact) mass is 305 g/mol. The van der Waals surface area contributed by atoms with Crippen molar-refractivity contribution in [3.8, 4) is 0 Å². The van der Waals surface area contributed by atoms with Gasteiger partial charge in [-0.05, 0) is 38.5 Å². The molecule has 1 rings (SSSR count). The molecular weight excluding hydrogens is 290 g/mol. The van der Waals surface area contributed by atoms with E-state index in [-0.39, 0.29) is 6.04 Å². The van der Waals surface area contributed by atoms with E-state index >= 15 is 0 Å². The van der Waals surface area contributed by atoms with E-state index in [1.165, 1.54) is 0 Å². The van der Waals surface area contributed by atoms with Crippen molar-refractivity contribution in [2.24, 2.45) is 0 Å². The van der Waals surface area contributed by atoms with Crippen LogP contribution in [-0.4, -0.2) is 13.7 Å². The second kappa shape index (κ2) is 5.29. The maximum atomic E-state index is 11.7. The Labute approximate surface area is 105 Å². The Bertz CT molecular complexity index is 457. The molecule has 0 aliphatic rings. The third kappa shape index (κ3) is 3.57. The first-order valence-corrected chi connectivity index (χ1v) is 7.43. The largest absolute Gasteiger partial charge is 0.214 e. The van der Waals surface area contributed by atoms with E-state index in [2.05, 4.69) is 20.7 Å². The zero-order valence-corrected chi connectivity index (χ0v) is 12.0. The van der Waals surface area contributed by atoms with Gasteiger partial charge in [-0.1, -0.05) is 28.1 Å². The molecule has 0 bridgehead atoms. The maximum Gasteiger partial charge on any atom is 0.214 e. The first-order valence-electron chi connectivity index (χ1n) is 5.09. The SMILES string of the molecule is CC(C)S(=O)(=O)N[C@@H](C)c1cccc(Br)c1. The van der Waals surface area contributed by atoms with Crippen LogP contribution in [0.2, 0.25) is 0 Å². The third-order valence-corrected chi connectivity index (χ3v) is 4.73. The average Bonchev–Trinajstić information content (AvgIpc) is 2.16. The quantitative estimate of drug-likeness (QED) is 0.930. The molecule has 0 heterocycles. The van der Waals surface area contributed by atoms with Crippen LogP contribution in [0.1, 0.15) is 32.4 Å². The Morgan fingerprint density at radius 1 is 1.25 bits per heavy atom. The minimum atomic E-state index is -3.22. The molecule has 0 spiro atoms. The second-order valence-corrected chi connectivity index (χ2v) is 7.17. The van der Waals surface area contributed by atoms with Gasteiger partial charge in [0.1, 0.15) is 0 Å². The van der Waals surface area contributed by atoms with Crippen LogP contribution in [0.3, 0.4) is 0 Å². The van der Waals surface area contributed by atoms with Gasteiger partial charge in [0.05, 0.1) is 5.25 Å². The Morgan fingerprint density at radius 3 is 2.38 bits per heavy atom. The highest BCUT2D eigenvalue weighted by Crippen LogP contribution is 2.19. The predicted molar refractivity (Wildman–Crippen MR) is 69.7 cm³/mol. The van der Waals surface area contributed by atoms with Crippen molar-refractivity contribution in [2.45, 2.75) is 32.1 Å². The first kappa shape index (κ1) is 13.7. The molecular formula is C11H16BrNO2S. The lowest BCUT2D eigenvalue weighted by Gasteiger charge is -2.16. The molecule has 3 nitrogen and oxygen atoms in total. The van der Waals surface area contributed by atoms with E-state index in [0.29, 0.717) is 0 Å². The van der Waals surface area contributed by atoms with Gasteiger partial charge < -0.3 is 0 Å².